The summed E-state index contributed by atoms with van der Waals surface area (Å²) in [6.45, 7) is 5.20. The van der Waals surface area contributed by atoms with Crippen molar-refractivity contribution in [1.29, 1.82) is 0 Å². The van der Waals surface area contributed by atoms with Crippen LogP contribution in [-0.4, -0.2) is 17.7 Å². The number of hydrogen-bond donors (Lipinski definition) is 2. The van der Waals surface area contributed by atoms with Crippen molar-refractivity contribution in [2.24, 2.45) is 0 Å². The quantitative estimate of drug-likeness (QED) is 0.876. The van der Waals surface area contributed by atoms with E-state index in [9.17, 15) is 5.11 Å². The summed E-state index contributed by atoms with van der Waals surface area (Å²) in [4.78, 5) is 0. The van der Waals surface area contributed by atoms with Gasteiger partial charge in [0.05, 0.1) is 4.47 Å². The van der Waals surface area contributed by atoms with Gasteiger partial charge in [0.2, 0.25) is 0 Å². The van der Waals surface area contributed by atoms with Crippen LogP contribution in [0.5, 0.6) is 5.75 Å². The van der Waals surface area contributed by atoms with E-state index in [0.29, 0.717) is 11.8 Å². The molecule has 1 saturated heterocycles. The maximum Gasteiger partial charge on any atom is 0.133 e. The van der Waals surface area contributed by atoms with Gasteiger partial charge in [-0.15, -0.1) is 0 Å². The number of aromatic hydroxyl groups is 1. The predicted octanol–water partition coefficient (Wildman–Crippen LogP) is 3.46. The molecule has 1 aromatic carbocycles. The molecule has 1 aromatic rings. The van der Waals surface area contributed by atoms with Gasteiger partial charge in [-0.2, -0.15) is 0 Å². The Hall–Kier alpha value is -0.540. The molecule has 0 aromatic heterocycles. The minimum Gasteiger partial charge on any atom is -0.506 e. The van der Waals surface area contributed by atoms with E-state index in [1.165, 1.54) is 24.8 Å². The Balaban J connectivity index is 2.22. The molecule has 0 amide bonds. The minimum absolute atomic E-state index is 0.426. The van der Waals surface area contributed by atoms with Crippen LogP contribution < -0.4 is 5.32 Å². The van der Waals surface area contributed by atoms with Crippen molar-refractivity contribution in [2.45, 2.75) is 45.6 Å². The summed E-state index contributed by atoms with van der Waals surface area (Å²) in [6, 6.07) is 2.66. The van der Waals surface area contributed by atoms with Crippen molar-refractivity contribution in [2.75, 3.05) is 6.54 Å². The lowest BCUT2D eigenvalue weighted by atomic mass is 9.94. The van der Waals surface area contributed by atoms with Gasteiger partial charge in [0.1, 0.15) is 5.75 Å². The molecule has 1 atom stereocenters. The highest BCUT2D eigenvalue weighted by Gasteiger charge is 2.18. The van der Waals surface area contributed by atoms with E-state index in [2.05, 4.69) is 34.2 Å². The fraction of sp³-hybridized carbons (Fsp3) is 0.571. The highest BCUT2D eigenvalue weighted by Crippen LogP contribution is 2.34. The third-order valence-corrected chi connectivity index (χ3v) is 4.61. The number of phenols is 1. The van der Waals surface area contributed by atoms with E-state index >= 15 is 0 Å². The monoisotopic (exact) mass is 297 g/mol. The summed E-state index contributed by atoms with van der Waals surface area (Å²) < 4.78 is 0.842. The molecular formula is C14H20BrNO. The number of piperidine rings is 1. The summed E-state index contributed by atoms with van der Waals surface area (Å²) in [5.74, 6) is 0.426. The number of nitrogens with one attached hydrogen (secondary N) is 1. The molecule has 0 bridgehead atoms. The molecule has 0 spiro atoms. The zero-order valence-electron chi connectivity index (χ0n) is 10.5. The second kappa shape index (κ2) is 5.40. The number of rotatable bonds is 2. The van der Waals surface area contributed by atoms with Crippen LogP contribution in [0.1, 0.15) is 36.0 Å². The summed E-state index contributed by atoms with van der Waals surface area (Å²) >= 11 is 3.46. The first-order valence-electron chi connectivity index (χ1n) is 6.30. The van der Waals surface area contributed by atoms with Crippen molar-refractivity contribution in [1.82, 2.24) is 5.32 Å². The smallest absolute Gasteiger partial charge is 0.133 e. The first kappa shape index (κ1) is 12.9. The van der Waals surface area contributed by atoms with Crippen molar-refractivity contribution in [3.63, 3.8) is 0 Å². The molecule has 1 heterocycles. The molecule has 1 aliphatic heterocycles. The average molecular weight is 298 g/mol. The van der Waals surface area contributed by atoms with Gasteiger partial charge in [-0.05, 0) is 72.3 Å². The first-order valence-corrected chi connectivity index (χ1v) is 7.10. The van der Waals surface area contributed by atoms with Crippen molar-refractivity contribution in [3.8, 4) is 5.75 Å². The molecule has 2 rings (SSSR count). The Morgan fingerprint density at radius 1 is 1.35 bits per heavy atom. The predicted molar refractivity (Wildman–Crippen MR) is 74.6 cm³/mol. The Morgan fingerprint density at radius 2 is 2.12 bits per heavy atom. The Bertz CT molecular complexity index is 411. The molecule has 94 valence electrons. The second-order valence-corrected chi connectivity index (χ2v) is 5.80. The summed E-state index contributed by atoms with van der Waals surface area (Å²) in [6.07, 6.45) is 4.71. The lowest BCUT2D eigenvalue weighted by Crippen LogP contribution is -2.35. The third kappa shape index (κ3) is 2.83. The van der Waals surface area contributed by atoms with E-state index in [4.69, 9.17) is 0 Å². The van der Waals surface area contributed by atoms with Crippen LogP contribution in [-0.2, 0) is 6.42 Å². The fourth-order valence-corrected chi connectivity index (χ4v) is 2.94. The fourth-order valence-electron chi connectivity index (χ4n) is 2.58. The van der Waals surface area contributed by atoms with Gasteiger partial charge in [-0.25, -0.2) is 0 Å². The molecule has 2 nitrogen and oxygen atoms in total. The van der Waals surface area contributed by atoms with Gasteiger partial charge in [0, 0.05) is 6.04 Å². The lowest BCUT2D eigenvalue weighted by molar-refractivity contribution is 0.390. The van der Waals surface area contributed by atoms with Crippen LogP contribution >= 0.6 is 15.9 Å². The van der Waals surface area contributed by atoms with E-state index in [1.54, 1.807) is 0 Å². The van der Waals surface area contributed by atoms with Gasteiger partial charge in [-0.1, -0.05) is 12.5 Å². The van der Waals surface area contributed by atoms with Crippen LogP contribution in [0.25, 0.3) is 0 Å². The molecular weight excluding hydrogens is 278 g/mol. The highest BCUT2D eigenvalue weighted by atomic mass is 79.9. The number of aryl methyl sites for hydroxylation is 2. The second-order valence-electron chi connectivity index (χ2n) is 5.00. The number of benzene rings is 1. The van der Waals surface area contributed by atoms with Gasteiger partial charge in [0.15, 0.2) is 0 Å². The maximum absolute atomic E-state index is 10.2. The number of halogens is 1. The number of phenolic OH excluding ortho intramolecular Hbond substituents is 1. The molecule has 1 aliphatic rings. The topological polar surface area (TPSA) is 32.3 Å². The maximum atomic E-state index is 10.2. The normalized spacial score (nSPS) is 20.5. The van der Waals surface area contributed by atoms with Crippen molar-refractivity contribution >= 4 is 15.9 Å². The Kier molecular flexibility index (Phi) is 4.10. The minimum atomic E-state index is 0.426. The number of hydrogen-bond acceptors (Lipinski definition) is 2. The van der Waals surface area contributed by atoms with Crippen LogP contribution in [0.15, 0.2) is 10.5 Å². The van der Waals surface area contributed by atoms with Crippen LogP contribution in [0, 0.1) is 13.8 Å². The third-order valence-electron chi connectivity index (χ3n) is 3.61. The summed E-state index contributed by atoms with van der Waals surface area (Å²) in [7, 11) is 0. The van der Waals surface area contributed by atoms with Crippen molar-refractivity contribution < 1.29 is 5.11 Å². The van der Waals surface area contributed by atoms with Crippen LogP contribution in [0.3, 0.4) is 0 Å². The average Bonchev–Trinajstić information content (AvgIpc) is 2.33. The van der Waals surface area contributed by atoms with Gasteiger partial charge < -0.3 is 10.4 Å². The Morgan fingerprint density at radius 3 is 2.76 bits per heavy atom. The lowest BCUT2D eigenvalue weighted by Gasteiger charge is -2.25. The van der Waals surface area contributed by atoms with E-state index in [1.807, 2.05) is 6.92 Å². The Labute approximate surface area is 112 Å². The molecule has 2 N–H and O–H groups in total. The highest BCUT2D eigenvalue weighted by molar-refractivity contribution is 9.10. The SMILES string of the molecule is Cc1cc(C)c(CC2CCCCN2)c(O)c1Br. The molecule has 1 unspecified atom stereocenters. The summed E-state index contributed by atoms with van der Waals surface area (Å²) in [5.41, 5.74) is 3.37. The van der Waals surface area contributed by atoms with Gasteiger partial charge >= 0.3 is 0 Å². The molecule has 3 heteroatoms. The standard InChI is InChI=1S/C14H20BrNO/c1-9-7-10(2)13(15)14(17)12(9)8-11-5-3-4-6-16-11/h7,11,16-17H,3-6,8H2,1-2H3. The van der Waals surface area contributed by atoms with E-state index in [0.717, 1.165) is 28.6 Å². The zero-order chi connectivity index (χ0) is 12.4. The molecule has 17 heavy (non-hydrogen) atoms. The van der Waals surface area contributed by atoms with Gasteiger partial charge in [0.25, 0.3) is 0 Å². The van der Waals surface area contributed by atoms with Crippen LogP contribution in [0.2, 0.25) is 0 Å². The zero-order valence-corrected chi connectivity index (χ0v) is 12.1. The van der Waals surface area contributed by atoms with Crippen LogP contribution in [0.4, 0.5) is 0 Å². The largest absolute Gasteiger partial charge is 0.506 e. The molecule has 0 radical (unpaired) electrons. The molecule has 0 saturated carbocycles. The van der Waals surface area contributed by atoms with Crippen molar-refractivity contribution in [3.05, 3.63) is 27.2 Å². The van der Waals surface area contributed by atoms with E-state index < -0.39 is 0 Å². The molecule has 0 aliphatic carbocycles. The first-order chi connectivity index (χ1) is 8.09. The van der Waals surface area contributed by atoms with E-state index in [-0.39, 0.29) is 0 Å². The van der Waals surface area contributed by atoms with Gasteiger partial charge in [-0.3, -0.25) is 0 Å². The molecule has 1 fully saturated rings. The summed E-state index contributed by atoms with van der Waals surface area (Å²) in [5, 5.41) is 13.7.